The molecule has 7 heteroatoms. The Bertz CT molecular complexity index is 395. The molecule has 0 spiro atoms. The Kier molecular flexibility index (Phi) is 7.33. The van der Waals surface area contributed by atoms with Crippen molar-refractivity contribution in [3.63, 3.8) is 0 Å². The van der Waals surface area contributed by atoms with Crippen molar-refractivity contribution in [2.24, 2.45) is 0 Å². The zero-order chi connectivity index (χ0) is 13.4. The maximum absolute atomic E-state index is 11.0. The summed E-state index contributed by atoms with van der Waals surface area (Å²) in [6, 6.07) is 0. The van der Waals surface area contributed by atoms with Crippen molar-refractivity contribution in [2.75, 3.05) is 24.6 Å². The van der Waals surface area contributed by atoms with E-state index in [1.54, 1.807) is 0 Å². The van der Waals surface area contributed by atoms with E-state index in [9.17, 15) is 16.8 Å². The molecule has 0 amide bonds. The highest BCUT2D eigenvalue weighted by Gasteiger charge is 2.05. The quantitative estimate of drug-likeness (QED) is 0.545. The van der Waals surface area contributed by atoms with E-state index in [1.807, 2.05) is 0 Å². The molecule has 0 aromatic carbocycles. The van der Waals surface area contributed by atoms with Crippen LogP contribution in [0.2, 0.25) is 0 Å². The Hall–Kier alpha value is -0.660. The SMILES string of the molecule is C=CS(=O)(=O)CCC[N]CCCS(=O)(=O)C=C. The number of hydrogen-bond acceptors (Lipinski definition) is 4. The monoisotopic (exact) mass is 280 g/mol. The van der Waals surface area contributed by atoms with Crippen LogP contribution in [0.25, 0.3) is 0 Å². The average molecular weight is 280 g/mol. The van der Waals surface area contributed by atoms with E-state index in [2.05, 4.69) is 18.5 Å². The molecular weight excluding hydrogens is 262 g/mol. The van der Waals surface area contributed by atoms with Gasteiger partial charge in [0.05, 0.1) is 11.5 Å². The van der Waals surface area contributed by atoms with Gasteiger partial charge in [-0.3, -0.25) is 0 Å². The molecule has 0 heterocycles. The molecule has 5 nitrogen and oxygen atoms in total. The van der Waals surface area contributed by atoms with E-state index in [0.717, 1.165) is 10.8 Å². The first kappa shape index (κ1) is 16.3. The molecule has 0 unspecified atom stereocenters. The molecule has 0 aromatic heterocycles. The molecule has 99 valence electrons. The highest BCUT2D eigenvalue weighted by molar-refractivity contribution is 7.94. The maximum atomic E-state index is 11.0. The van der Waals surface area contributed by atoms with Gasteiger partial charge in [0.1, 0.15) is 0 Å². The van der Waals surface area contributed by atoms with Crippen molar-refractivity contribution in [1.29, 1.82) is 0 Å². The molecule has 0 saturated carbocycles. The number of hydrogen-bond donors (Lipinski definition) is 0. The first-order valence-electron chi connectivity index (χ1n) is 5.16. The van der Waals surface area contributed by atoms with Gasteiger partial charge in [-0.05, 0) is 12.8 Å². The fourth-order valence-electron chi connectivity index (χ4n) is 1.03. The lowest BCUT2D eigenvalue weighted by atomic mass is 10.4. The Morgan fingerprint density at radius 3 is 1.47 bits per heavy atom. The molecule has 17 heavy (non-hydrogen) atoms. The number of rotatable bonds is 10. The van der Waals surface area contributed by atoms with Crippen LogP contribution in [0.1, 0.15) is 12.8 Å². The summed E-state index contributed by atoms with van der Waals surface area (Å²) in [5, 5.41) is 5.92. The summed E-state index contributed by atoms with van der Waals surface area (Å²) < 4.78 is 44.0. The Labute approximate surface area is 103 Å². The van der Waals surface area contributed by atoms with Crippen molar-refractivity contribution in [2.45, 2.75) is 12.8 Å². The summed E-state index contributed by atoms with van der Waals surface area (Å²) in [5.41, 5.74) is 0. The highest BCUT2D eigenvalue weighted by Crippen LogP contribution is 1.95. The van der Waals surface area contributed by atoms with Crippen LogP contribution in [0.5, 0.6) is 0 Å². The van der Waals surface area contributed by atoms with Gasteiger partial charge in [0.2, 0.25) is 0 Å². The van der Waals surface area contributed by atoms with Crippen molar-refractivity contribution in [1.82, 2.24) is 5.32 Å². The summed E-state index contributed by atoms with van der Waals surface area (Å²) in [6.07, 6.45) is 0.866. The lowest BCUT2D eigenvalue weighted by Gasteiger charge is -2.01. The van der Waals surface area contributed by atoms with E-state index in [1.165, 1.54) is 0 Å². The van der Waals surface area contributed by atoms with E-state index in [0.29, 0.717) is 25.9 Å². The zero-order valence-electron chi connectivity index (χ0n) is 9.71. The summed E-state index contributed by atoms with van der Waals surface area (Å²) in [4.78, 5) is 0. The normalized spacial score (nSPS) is 12.2. The van der Waals surface area contributed by atoms with Gasteiger partial charge < -0.3 is 0 Å². The smallest absolute Gasteiger partial charge is 0.171 e. The van der Waals surface area contributed by atoms with Gasteiger partial charge in [-0.25, -0.2) is 22.2 Å². The molecule has 0 aliphatic carbocycles. The Balaban J connectivity index is 3.55. The summed E-state index contributed by atoms with van der Waals surface area (Å²) in [7, 11) is -6.29. The van der Waals surface area contributed by atoms with Crippen LogP contribution in [0.15, 0.2) is 24.0 Å². The zero-order valence-corrected chi connectivity index (χ0v) is 11.3. The summed E-state index contributed by atoms with van der Waals surface area (Å²) >= 11 is 0. The van der Waals surface area contributed by atoms with Gasteiger partial charge in [-0.1, -0.05) is 13.2 Å². The van der Waals surface area contributed by atoms with Gasteiger partial charge in [0.15, 0.2) is 19.7 Å². The second kappa shape index (κ2) is 7.62. The second-order valence-corrected chi connectivity index (χ2v) is 7.58. The first-order chi connectivity index (χ1) is 7.83. The van der Waals surface area contributed by atoms with Gasteiger partial charge in [-0.2, -0.15) is 0 Å². The van der Waals surface area contributed by atoms with Gasteiger partial charge in [0.25, 0.3) is 0 Å². The lowest BCUT2D eigenvalue weighted by molar-refractivity contribution is 0.590. The third kappa shape index (κ3) is 9.08. The fourth-order valence-corrected chi connectivity index (χ4v) is 2.43. The third-order valence-corrected chi connectivity index (χ3v) is 4.73. The molecule has 0 aromatic rings. The molecule has 1 radical (unpaired) electrons. The van der Waals surface area contributed by atoms with E-state index < -0.39 is 19.7 Å². The third-order valence-electron chi connectivity index (χ3n) is 2.00. The Morgan fingerprint density at radius 1 is 0.824 bits per heavy atom. The summed E-state index contributed by atoms with van der Waals surface area (Å²) in [6.45, 7) is 7.24. The topological polar surface area (TPSA) is 82.4 Å². The van der Waals surface area contributed by atoms with Crippen LogP contribution in [0.3, 0.4) is 0 Å². The van der Waals surface area contributed by atoms with Gasteiger partial charge in [0, 0.05) is 23.9 Å². The van der Waals surface area contributed by atoms with Gasteiger partial charge in [-0.15, -0.1) is 0 Å². The van der Waals surface area contributed by atoms with Crippen LogP contribution in [-0.4, -0.2) is 41.4 Å². The number of nitrogens with zero attached hydrogens (tertiary/aromatic N) is 1. The van der Waals surface area contributed by atoms with Crippen LogP contribution in [0.4, 0.5) is 0 Å². The lowest BCUT2D eigenvalue weighted by Crippen LogP contribution is -2.15. The molecule has 0 fully saturated rings. The van der Waals surface area contributed by atoms with Gasteiger partial charge >= 0.3 is 0 Å². The first-order valence-corrected chi connectivity index (χ1v) is 8.60. The molecule has 0 atom stereocenters. The minimum Gasteiger partial charge on any atom is -0.242 e. The predicted octanol–water partition coefficient (Wildman–Crippen LogP) is 0.488. The van der Waals surface area contributed by atoms with E-state index in [-0.39, 0.29) is 11.5 Å². The molecule has 0 N–H and O–H groups in total. The van der Waals surface area contributed by atoms with E-state index >= 15 is 0 Å². The molecule has 0 bridgehead atoms. The van der Waals surface area contributed by atoms with Crippen LogP contribution < -0.4 is 5.32 Å². The van der Waals surface area contributed by atoms with Crippen LogP contribution in [0, 0.1) is 0 Å². The van der Waals surface area contributed by atoms with Crippen molar-refractivity contribution < 1.29 is 16.8 Å². The predicted molar refractivity (Wildman–Crippen MR) is 69.1 cm³/mol. The maximum Gasteiger partial charge on any atom is 0.171 e. The average Bonchev–Trinajstić information content (AvgIpc) is 2.27. The Morgan fingerprint density at radius 2 is 1.18 bits per heavy atom. The standard InChI is InChI=1S/C10H18NO4S2/c1-3-16(12,13)9-5-7-11-8-6-10-17(14,15)4-2/h3-4H,1-2,5-10H2. The molecule has 0 aliphatic rings. The van der Waals surface area contributed by atoms with Crippen molar-refractivity contribution in [3.8, 4) is 0 Å². The molecule has 0 saturated heterocycles. The fraction of sp³-hybridized carbons (Fsp3) is 0.600. The van der Waals surface area contributed by atoms with Crippen molar-refractivity contribution >= 4 is 19.7 Å². The minimum atomic E-state index is -3.14. The minimum absolute atomic E-state index is 0.0327. The summed E-state index contributed by atoms with van der Waals surface area (Å²) in [5.74, 6) is 0.0654. The number of sulfone groups is 2. The largest absolute Gasteiger partial charge is 0.242 e. The van der Waals surface area contributed by atoms with Crippen molar-refractivity contribution in [3.05, 3.63) is 24.0 Å². The molecular formula is C10H18NO4S2. The molecule has 0 aliphatic heterocycles. The van der Waals surface area contributed by atoms with Crippen LogP contribution in [-0.2, 0) is 19.7 Å². The van der Waals surface area contributed by atoms with Crippen LogP contribution >= 0.6 is 0 Å². The second-order valence-electron chi connectivity index (χ2n) is 3.45. The van der Waals surface area contributed by atoms with E-state index in [4.69, 9.17) is 0 Å². The highest BCUT2D eigenvalue weighted by atomic mass is 32.2. The molecule has 0 rings (SSSR count).